The maximum absolute atomic E-state index is 8.36. The van der Waals surface area contributed by atoms with E-state index in [0.717, 1.165) is 5.69 Å². The van der Waals surface area contributed by atoms with E-state index >= 15 is 0 Å². The van der Waals surface area contributed by atoms with Crippen molar-refractivity contribution in [3.05, 3.63) is 18.0 Å². The van der Waals surface area contributed by atoms with Crippen LogP contribution in [0.3, 0.4) is 0 Å². The van der Waals surface area contributed by atoms with E-state index in [1.165, 1.54) is 0 Å². The molecule has 0 saturated heterocycles. The summed E-state index contributed by atoms with van der Waals surface area (Å²) in [5.41, 5.74) is 1.04. The number of hydrogen-bond acceptors (Lipinski definition) is 2. The van der Waals surface area contributed by atoms with E-state index in [1.807, 2.05) is 18.3 Å². The molecule has 0 unspecified atom stereocenters. The molecule has 0 aliphatic carbocycles. The van der Waals surface area contributed by atoms with Crippen molar-refractivity contribution in [1.29, 1.82) is 5.26 Å². The minimum Gasteiger partial charge on any atom is -0.258 e. The van der Waals surface area contributed by atoms with E-state index in [4.69, 9.17) is 5.26 Å². The Morgan fingerprint density at radius 2 is 2.45 bits per heavy atom. The highest BCUT2D eigenvalue weighted by molar-refractivity contribution is 5.04. The summed E-state index contributed by atoms with van der Waals surface area (Å²) in [4.78, 5) is 0. The van der Waals surface area contributed by atoms with Gasteiger partial charge in [0.25, 0.3) is 0 Å². The van der Waals surface area contributed by atoms with E-state index in [2.05, 4.69) is 18.9 Å². The lowest BCUT2D eigenvalue weighted by Crippen LogP contribution is -1.97. The van der Waals surface area contributed by atoms with Crippen molar-refractivity contribution in [3.63, 3.8) is 0 Å². The minimum absolute atomic E-state index is 0.340. The summed E-state index contributed by atoms with van der Waals surface area (Å²) >= 11 is 0. The van der Waals surface area contributed by atoms with Crippen LogP contribution in [0.4, 0.5) is 0 Å². The van der Waals surface area contributed by atoms with Crippen molar-refractivity contribution < 1.29 is 0 Å². The van der Waals surface area contributed by atoms with Crippen LogP contribution in [0.2, 0.25) is 0 Å². The normalized spacial score (nSPS) is 10.0. The van der Waals surface area contributed by atoms with Gasteiger partial charge in [-0.3, -0.25) is 4.68 Å². The molecule has 1 rings (SSSR count). The Morgan fingerprint density at radius 1 is 1.73 bits per heavy atom. The van der Waals surface area contributed by atoms with Crippen LogP contribution >= 0.6 is 0 Å². The Bertz CT molecular complexity index is 267. The first-order valence-corrected chi connectivity index (χ1v) is 3.64. The van der Waals surface area contributed by atoms with Crippen LogP contribution in [-0.4, -0.2) is 9.78 Å². The molecule has 0 aromatic carbocycles. The first-order chi connectivity index (χ1) is 5.24. The fraction of sp³-hybridized carbons (Fsp3) is 0.500. The largest absolute Gasteiger partial charge is 0.258 e. The molecule has 3 nitrogen and oxygen atoms in total. The Hall–Kier alpha value is -1.30. The molecule has 0 saturated carbocycles. The van der Waals surface area contributed by atoms with Crippen LogP contribution in [-0.2, 0) is 6.54 Å². The Morgan fingerprint density at radius 3 is 2.91 bits per heavy atom. The number of aromatic nitrogens is 2. The highest BCUT2D eigenvalue weighted by Crippen LogP contribution is 2.09. The quantitative estimate of drug-likeness (QED) is 0.639. The van der Waals surface area contributed by atoms with Gasteiger partial charge in [0, 0.05) is 6.20 Å². The van der Waals surface area contributed by atoms with Gasteiger partial charge in [0.2, 0.25) is 0 Å². The fourth-order valence-corrected chi connectivity index (χ4v) is 0.846. The van der Waals surface area contributed by atoms with Gasteiger partial charge in [-0.25, -0.2) is 0 Å². The molecule has 3 heteroatoms. The van der Waals surface area contributed by atoms with Crippen LogP contribution in [0.15, 0.2) is 12.3 Å². The van der Waals surface area contributed by atoms with Crippen molar-refractivity contribution >= 4 is 0 Å². The molecule has 1 aromatic rings. The van der Waals surface area contributed by atoms with Crippen molar-refractivity contribution in [1.82, 2.24) is 9.78 Å². The van der Waals surface area contributed by atoms with Gasteiger partial charge in [0.15, 0.2) is 0 Å². The van der Waals surface area contributed by atoms with Gasteiger partial charge in [0.1, 0.15) is 6.54 Å². The Labute approximate surface area is 66.3 Å². The summed E-state index contributed by atoms with van der Waals surface area (Å²) in [7, 11) is 0. The van der Waals surface area contributed by atoms with E-state index in [1.54, 1.807) is 4.68 Å². The standard InChI is InChI=1S/C8H11N3/c1-7(2)8-3-5-11(10-8)6-4-9/h3,5,7H,6H2,1-2H3. The van der Waals surface area contributed by atoms with Gasteiger partial charge < -0.3 is 0 Å². The SMILES string of the molecule is CC(C)c1ccn(CC#N)n1. The monoisotopic (exact) mass is 149 g/mol. The van der Waals surface area contributed by atoms with Crippen LogP contribution in [0.5, 0.6) is 0 Å². The Kier molecular flexibility index (Phi) is 2.27. The van der Waals surface area contributed by atoms with E-state index in [0.29, 0.717) is 12.5 Å². The third kappa shape index (κ3) is 1.81. The maximum atomic E-state index is 8.36. The molecule has 0 amide bonds. The van der Waals surface area contributed by atoms with Gasteiger partial charge >= 0.3 is 0 Å². The van der Waals surface area contributed by atoms with Gasteiger partial charge in [0.05, 0.1) is 11.8 Å². The summed E-state index contributed by atoms with van der Waals surface area (Å²) in [6.45, 7) is 4.50. The van der Waals surface area contributed by atoms with Gasteiger partial charge in [-0.1, -0.05) is 13.8 Å². The third-order valence-electron chi connectivity index (χ3n) is 1.49. The molecule has 0 aliphatic rings. The second-order valence-corrected chi connectivity index (χ2v) is 2.75. The lowest BCUT2D eigenvalue weighted by Gasteiger charge is -1.96. The molecular weight excluding hydrogens is 138 g/mol. The summed E-state index contributed by atoms with van der Waals surface area (Å²) < 4.78 is 1.65. The van der Waals surface area contributed by atoms with Crippen LogP contribution in [0, 0.1) is 11.3 Å². The van der Waals surface area contributed by atoms with Gasteiger partial charge in [-0.15, -0.1) is 0 Å². The molecule has 11 heavy (non-hydrogen) atoms. The third-order valence-corrected chi connectivity index (χ3v) is 1.49. The van der Waals surface area contributed by atoms with E-state index in [-0.39, 0.29) is 0 Å². The number of nitrogens with zero attached hydrogens (tertiary/aromatic N) is 3. The fourth-order valence-electron chi connectivity index (χ4n) is 0.846. The average molecular weight is 149 g/mol. The van der Waals surface area contributed by atoms with Crippen molar-refractivity contribution in [2.24, 2.45) is 0 Å². The van der Waals surface area contributed by atoms with Gasteiger partial charge in [-0.05, 0) is 12.0 Å². The molecule has 0 fully saturated rings. The molecule has 0 bridgehead atoms. The number of nitriles is 1. The molecule has 0 aliphatic heterocycles. The van der Waals surface area contributed by atoms with E-state index in [9.17, 15) is 0 Å². The predicted octanol–water partition coefficient (Wildman–Crippen LogP) is 1.53. The molecule has 0 N–H and O–H groups in total. The topological polar surface area (TPSA) is 41.6 Å². The second-order valence-electron chi connectivity index (χ2n) is 2.75. The van der Waals surface area contributed by atoms with Crippen molar-refractivity contribution in [2.45, 2.75) is 26.3 Å². The van der Waals surface area contributed by atoms with Crippen LogP contribution in [0.1, 0.15) is 25.5 Å². The predicted molar refractivity (Wildman–Crippen MR) is 41.9 cm³/mol. The lowest BCUT2D eigenvalue weighted by atomic mass is 10.1. The first kappa shape index (κ1) is 7.80. The molecule has 0 spiro atoms. The van der Waals surface area contributed by atoms with Crippen LogP contribution < -0.4 is 0 Å². The van der Waals surface area contributed by atoms with Crippen molar-refractivity contribution in [2.75, 3.05) is 0 Å². The zero-order valence-corrected chi connectivity index (χ0v) is 6.78. The first-order valence-electron chi connectivity index (χ1n) is 3.64. The average Bonchev–Trinajstić information content (AvgIpc) is 2.37. The van der Waals surface area contributed by atoms with E-state index < -0.39 is 0 Å². The molecule has 0 atom stereocenters. The zero-order chi connectivity index (χ0) is 8.27. The Balaban J connectivity index is 2.75. The zero-order valence-electron chi connectivity index (χ0n) is 6.78. The van der Waals surface area contributed by atoms with Crippen LogP contribution in [0.25, 0.3) is 0 Å². The molecule has 58 valence electrons. The summed E-state index contributed by atoms with van der Waals surface area (Å²) in [5, 5.41) is 12.6. The molecular formula is C8H11N3. The maximum Gasteiger partial charge on any atom is 0.128 e. The summed E-state index contributed by atoms with van der Waals surface area (Å²) in [5.74, 6) is 0.440. The smallest absolute Gasteiger partial charge is 0.128 e. The molecule has 1 heterocycles. The highest BCUT2D eigenvalue weighted by Gasteiger charge is 2.01. The second kappa shape index (κ2) is 3.20. The lowest BCUT2D eigenvalue weighted by molar-refractivity contribution is 0.674. The number of rotatable bonds is 2. The van der Waals surface area contributed by atoms with Crippen molar-refractivity contribution in [3.8, 4) is 6.07 Å². The molecule has 0 radical (unpaired) electrons. The minimum atomic E-state index is 0.340. The molecule has 1 aromatic heterocycles. The number of hydrogen-bond donors (Lipinski definition) is 0. The summed E-state index contributed by atoms with van der Waals surface area (Å²) in [6.07, 6.45) is 1.83. The summed E-state index contributed by atoms with van der Waals surface area (Å²) in [6, 6.07) is 3.98. The van der Waals surface area contributed by atoms with Gasteiger partial charge in [-0.2, -0.15) is 10.4 Å². The highest BCUT2D eigenvalue weighted by atomic mass is 15.3.